The van der Waals surface area contributed by atoms with Crippen LogP contribution in [0.1, 0.15) is 16.7 Å². The first-order chi connectivity index (χ1) is 16.0. The normalized spacial score (nSPS) is 14.7. The summed E-state index contributed by atoms with van der Waals surface area (Å²) in [5, 5.41) is 10.9. The Balaban J connectivity index is 1.34. The average Bonchev–Trinajstić information content (AvgIpc) is 2.83. The third kappa shape index (κ3) is 4.52. The van der Waals surface area contributed by atoms with E-state index in [4.69, 9.17) is 16.6 Å². The second-order valence-corrected chi connectivity index (χ2v) is 9.15. The Kier molecular flexibility index (Phi) is 5.92. The molecule has 6 heteroatoms. The van der Waals surface area contributed by atoms with E-state index in [1.807, 2.05) is 56.4 Å². The number of hydrogen-bond acceptors (Lipinski definition) is 5. The molecule has 33 heavy (non-hydrogen) atoms. The maximum Gasteiger partial charge on any atom is 0.147 e. The lowest BCUT2D eigenvalue weighted by atomic mass is 9.99. The highest BCUT2D eigenvalue weighted by Crippen LogP contribution is 2.30. The van der Waals surface area contributed by atoms with Crippen molar-refractivity contribution in [2.24, 2.45) is 0 Å². The topological polar surface area (TPSA) is 52.5 Å². The van der Waals surface area contributed by atoms with Crippen LogP contribution in [0.15, 0.2) is 60.8 Å². The van der Waals surface area contributed by atoms with Gasteiger partial charge < -0.3 is 10.0 Å². The minimum absolute atomic E-state index is 0.357. The number of anilines is 1. The van der Waals surface area contributed by atoms with Gasteiger partial charge in [-0.2, -0.15) is 0 Å². The summed E-state index contributed by atoms with van der Waals surface area (Å²) in [6.45, 7) is 8.44. The van der Waals surface area contributed by atoms with Gasteiger partial charge in [0.15, 0.2) is 0 Å². The number of phenols is 1. The first-order valence-electron chi connectivity index (χ1n) is 11.3. The van der Waals surface area contributed by atoms with Crippen LogP contribution in [0, 0.1) is 13.8 Å². The number of nitrogens with zero attached hydrogens (tertiary/aromatic N) is 4. The summed E-state index contributed by atoms with van der Waals surface area (Å²) in [6.07, 6.45) is 1.88. The van der Waals surface area contributed by atoms with Crippen LogP contribution in [0.25, 0.3) is 22.2 Å². The zero-order valence-electron chi connectivity index (χ0n) is 18.9. The maximum absolute atomic E-state index is 10.1. The molecule has 5 nitrogen and oxygen atoms in total. The number of piperazine rings is 1. The summed E-state index contributed by atoms with van der Waals surface area (Å²) in [5.41, 5.74) is 6.83. The molecule has 1 saturated heterocycles. The minimum Gasteiger partial charge on any atom is -0.507 e. The number of halogens is 1. The molecule has 0 radical (unpaired) electrons. The number of fused-ring (bicyclic) bond motifs is 1. The van der Waals surface area contributed by atoms with E-state index in [-0.39, 0.29) is 0 Å². The van der Waals surface area contributed by atoms with E-state index in [0.29, 0.717) is 5.75 Å². The number of aryl methyl sites for hydroxylation is 2. The highest BCUT2D eigenvalue weighted by molar-refractivity contribution is 6.31. The Bertz CT molecular complexity index is 1290. The third-order valence-electron chi connectivity index (χ3n) is 6.40. The van der Waals surface area contributed by atoms with E-state index < -0.39 is 0 Å². The zero-order valence-corrected chi connectivity index (χ0v) is 19.7. The first-order valence-corrected chi connectivity index (χ1v) is 11.6. The molecule has 2 heterocycles. The molecule has 3 aromatic carbocycles. The Labute approximate surface area is 199 Å². The fourth-order valence-corrected chi connectivity index (χ4v) is 4.65. The standard InChI is InChI=1S/C27H27ClN4O/c1-18-13-22(14-19(2)27(18)33)20-7-8-24-25(15-20)30-26(16-29-24)32-11-9-31(10-12-32)17-21-5-3-4-6-23(21)28/h3-8,13-16,33H,9-12,17H2,1-2H3. The highest BCUT2D eigenvalue weighted by atomic mass is 35.5. The molecule has 5 rings (SSSR count). The monoisotopic (exact) mass is 458 g/mol. The van der Waals surface area contributed by atoms with E-state index in [2.05, 4.69) is 33.0 Å². The third-order valence-corrected chi connectivity index (χ3v) is 6.77. The molecule has 168 valence electrons. The van der Waals surface area contributed by atoms with Crippen LogP contribution in [0.4, 0.5) is 5.82 Å². The summed E-state index contributed by atoms with van der Waals surface area (Å²) in [5.74, 6) is 1.27. The number of aromatic hydroxyl groups is 1. The van der Waals surface area contributed by atoms with Crippen molar-refractivity contribution in [3.63, 3.8) is 0 Å². The lowest BCUT2D eigenvalue weighted by Gasteiger charge is -2.35. The predicted molar refractivity (Wildman–Crippen MR) is 135 cm³/mol. The number of phenolic OH excluding ortho intramolecular Hbond substituents is 1. The fourth-order valence-electron chi connectivity index (χ4n) is 4.46. The van der Waals surface area contributed by atoms with Crippen molar-refractivity contribution < 1.29 is 5.11 Å². The van der Waals surface area contributed by atoms with Crippen molar-refractivity contribution in [3.8, 4) is 16.9 Å². The van der Waals surface area contributed by atoms with Crippen LogP contribution >= 0.6 is 11.6 Å². The average molecular weight is 459 g/mol. The smallest absolute Gasteiger partial charge is 0.147 e. The van der Waals surface area contributed by atoms with Crippen LogP contribution in [0.5, 0.6) is 5.75 Å². The Morgan fingerprint density at radius 2 is 1.61 bits per heavy atom. The summed E-state index contributed by atoms with van der Waals surface area (Å²) in [7, 11) is 0. The highest BCUT2D eigenvalue weighted by Gasteiger charge is 2.19. The molecular weight excluding hydrogens is 432 g/mol. The van der Waals surface area contributed by atoms with Crippen LogP contribution < -0.4 is 4.90 Å². The van der Waals surface area contributed by atoms with Gasteiger partial charge in [0.25, 0.3) is 0 Å². The number of rotatable bonds is 4. The molecule has 1 aliphatic heterocycles. The van der Waals surface area contributed by atoms with Gasteiger partial charge in [0.1, 0.15) is 11.6 Å². The van der Waals surface area contributed by atoms with Gasteiger partial charge >= 0.3 is 0 Å². The lowest BCUT2D eigenvalue weighted by molar-refractivity contribution is 0.249. The minimum atomic E-state index is 0.357. The van der Waals surface area contributed by atoms with Gasteiger partial charge in [0.05, 0.1) is 17.2 Å². The van der Waals surface area contributed by atoms with E-state index in [0.717, 1.165) is 76.9 Å². The van der Waals surface area contributed by atoms with Crippen molar-refractivity contribution in [2.45, 2.75) is 20.4 Å². The molecule has 0 unspecified atom stereocenters. The van der Waals surface area contributed by atoms with E-state index in [1.165, 1.54) is 5.56 Å². The molecule has 1 fully saturated rings. The summed E-state index contributed by atoms with van der Waals surface area (Å²) in [4.78, 5) is 14.3. The summed E-state index contributed by atoms with van der Waals surface area (Å²) < 4.78 is 0. The maximum atomic E-state index is 10.1. The molecule has 0 saturated carbocycles. The quantitative estimate of drug-likeness (QED) is 0.431. The molecule has 0 amide bonds. The molecule has 4 aromatic rings. The van der Waals surface area contributed by atoms with Gasteiger partial charge in [-0.3, -0.25) is 9.88 Å². The number of aromatic nitrogens is 2. The first kappa shape index (κ1) is 21.7. The summed E-state index contributed by atoms with van der Waals surface area (Å²) >= 11 is 6.34. The molecule has 0 spiro atoms. The van der Waals surface area contributed by atoms with Crippen LogP contribution in [0.3, 0.4) is 0 Å². The van der Waals surface area contributed by atoms with Gasteiger partial charge in [-0.15, -0.1) is 0 Å². The van der Waals surface area contributed by atoms with Gasteiger partial charge in [-0.25, -0.2) is 4.98 Å². The second kappa shape index (κ2) is 9.00. The Morgan fingerprint density at radius 3 is 2.33 bits per heavy atom. The molecule has 0 atom stereocenters. The van der Waals surface area contributed by atoms with Crippen molar-refractivity contribution >= 4 is 28.5 Å². The molecule has 1 aliphatic rings. The lowest BCUT2D eigenvalue weighted by Crippen LogP contribution is -2.46. The molecule has 0 bridgehead atoms. The predicted octanol–water partition coefficient (Wildman–Crippen LogP) is 5.59. The fraction of sp³-hybridized carbons (Fsp3) is 0.259. The van der Waals surface area contributed by atoms with Crippen LogP contribution in [-0.2, 0) is 6.54 Å². The van der Waals surface area contributed by atoms with Crippen molar-refractivity contribution in [1.82, 2.24) is 14.9 Å². The van der Waals surface area contributed by atoms with E-state index in [9.17, 15) is 5.11 Å². The molecule has 1 aromatic heterocycles. The summed E-state index contributed by atoms with van der Waals surface area (Å²) in [6, 6.07) is 18.2. The van der Waals surface area contributed by atoms with Crippen molar-refractivity contribution in [1.29, 1.82) is 0 Å². The number of hydrogen-bond donors (Lipinski definition) is 1. The molecule has 1 N–H and O–H groups in total. The van der Waals surface area contributed by atoms with Crippen LogP contribution in [-0.4, -0.2) is 46.2 Å². The van der Waals surface area contributed by atoms with Crippen LogP contribution in [0.2, 0.25) is 5.02 Å². The van der Waals surface area contributed by atoms with Gasteiger partial charge in [0.2, 0.25) is 0 Å². The van der Waals surface area contributed by atoms with Gasteiger partial charge in [0, 0.05) is 37.7 Å². The van der Waals surface area contributed by atoms with Gasteiger partial charge in [-0.05, 0) is 72.0 Å². The Hall–Kier alpha value is -3.15. The number of benzene rings is 3. The largest absolute Gasteiger partial charge is 0.507 e. The molecule has 0 aliphatic carbocycles. The van der Waals surface area contributed by atoms with E-state index in [1.54, 1.807) is 0 Å². The molecular formula is C27H27ClN4O. The van der Waals surface area contributed by atoms with Gasteiger partial charge in [-0.1, -0.05) is 35.9 Å². The second-order valence-electron chi connectivity index (χ2n) is 8.74. The SMILES string of the molecule is Cc1cc(-c2ccc3ncc(N4CCN(Cc5ccccc5Cl)CC4)nc3c2)cc(C)c1O. The van der Waals surface area contributed by atoms with Crippen molar-refractivity contribution in [2.75, 3.05) is 31.1 Å². The van der Waals surface area contributed by atoms with E-state index >= 15 is 0 Å². The Morgan fingerprint density at radius 1 is 0.879 bits per heavy atom. The van der Waals surface area contributed by atoms with Crippen molar-refractivity contribution in [3.05, 3.63) is 82.5 Å². The zero-order chi connectivity index (χ0) is 22.9.